The quantitative estimate of drug-likeness (QED) is 0.508. The molecule has 0 atom stereocenters. The predicted molar refractivity (Wildman–Crippen MR) is 127 cm³/mol. The van der Waals surface area contributed by atoms with E-state index in [0.29, 0.717) is 42.8 Å². The second-order valence-electron chi connectivity index (χ2n) is 8.65. The number of carbonyl (C=O) groups excluding carboxylic acids is 1. The number of phenols is 2. The van der Waals surface area contributed by atoms with Gasteiger partial charge in [0.2, 0.25) is 0 Å². The van der Waals surface area contributed by atoms with Gasteiger partial charge in [0.05, 0.1) is 19.2 Å². The Morgan fingerprint density at radius 3 is 2.50 bits per heavy atom. The molecule has 2 aromatic rings. The molecule has 32 heavy (non-hydrogen) atoms. The maximum Gasteiger partial charge on any atom is 0.254 e. The Balaban J connectivity index is 1.74. The van der Waals surface area contributed by atoms with Crippen LogP contribution in [0.25, 0.3) is 0 Å². The van der Waals surface area contributed by atoms with Crippen LogP contribution in [0.2, 0.25) is 0 Å². The standard InChI is InChI=1S/C27H33NO4/c1-18(2)6-5-7-19(3)8-13-22-25(32-4)16-23-24(26(22)30)17-28(27(23)31)15-14-20-9-11-21(29)12-10-20/h6,8-12,16,29-30H,5,7,13-15,17H2,1-4H3. The normalized spacial score (nSPS) is 13.3. The number of methoxy groups -OCH3 is 1. The maximum atomic E-state index is 12.9. The number of hydrogen-bond acceptors (Lipinski definition) is 4. The minimum atomic E-state index is -0.0904. The maximum absolute atomic E-state index is 12.9. The average Bonchev–Trinajstić information content (AvgIpc) is 3.08. The largest absolute Gasteiger partial charge is 0.508 e. The van der Waals surface area contributed by atoms with Crippen molar-refractivity contribution in [3.05, 3.63) is 75.9 Å². The Hall–Kier alpha value is -3.21. The van der Waals surface area contributed by atoms with Gasteiger partial charge in [-0.25, -0.2) is 0 Å². The number of phenolic OH excluding ortho intramolecular Hbond substituents is 2. The lowest BCUT2D eigenvalue weighted by atomic mass is 9.99. The number of nitrogens with zero attached hydrogens (tertiary/aromatic N) is 1. The highest BCUT2D eigenvalue weighted by Crippen LogP contribution is 2.39. The molecular weight excluding hydrogens is 402 g/mol. The van der Waals surface area contributed by atoms with E-state index < -0.39 is 0 Å². The fourth-order valence-corrected chi connectivity index (χ4v) is 3.97. The van der Waals surface area contributed by atoms with E-state index in [9.17, 15) is 15.0 Å². The van der Waals surface area contributed by atoms with E-state index in [-0.39, 0.29) is 17.4 Å². The fraction of sp³-hybridized carbons (Fsp3) is 0.370. The summed E-state index contributed by atoms with van der Waals surface area (Å²) in [5.74, 6) is 0.841. The van der Waals surface area contributed by atoms with Gasteiger partial charge in [-0.2, -0.15) is 0 Å². The lowest BCUT2D eigenvalue weighted by Gasteiger charge is -2.15. The van der Waals surface area contributed by atoms with Crippen LogP contribution >= 0.6 is 0 Å². The van der Waals surface area contributed by atoms with Crippen LogP contribution in [0.4, 0.5) is 0 Å². The van der Waals surface area contributed by atoms with Crippen LogP contribution in [-0.2, 0) is 19.4 Å². The minimum absolute atomic E-state index is 0.0904. The van der Waals surface area contributed by atoms with Crippen molar-refractivity contribution < 1.29 is 19.7 Å². The third-order valence-electron chi connectivity index (χ3n) is 5.91. The summed E-state index contributed by atoms with van der Waals surface area (Å²) in [6.45, 7) is 7.23. The first kappa shape index (κ1) is 23.5. The van der Waals surface area contributed by atoms with E-state index in [4.69, 9.17) is 4.74 Å². The third-order valence-corrected chi connectivity index (χ3v) is 5.91. The summed E-state index contributed by atoms with van der Waals surface area (Å²) in [5, 5.41) is 20.4. The van der Waals surface area contributed by atoms with E-state index >= 15 is 0 Å². The number of fused-ring (bicyclic) bond motifs is 1. The first-order valence-corrected chi connectivity index (χ1v) is 11.1. The lowest BCUT2D eigenvalue weighted by Crippen LogP contribution is -2.26. The molecule has 5 nitrogen and oxygen atoms in total. The molecule has 0 aromatic heterocycles. The lowest BCUT2D eigenvalue weighted by molar-refractivity contribution is 0.0780. The van der Waals surface area contributed by atoms with Crippen LogP contribution in [0.15, 0.2) is 53.6 Å². The Kier molecular flexibility index (Phi) is 7.62. The van der Waals surface area contributed by atoms with E-state index in [0.717, 1.165) is 24.0 Å². The van der Waals surface area contributed by atoms with Crippen molar-refractivity contribution in [3.63, 3.8) is 0 Å². The zero-order valence-electron chi connectivity index (χ0n) is 19.4. The molecule has 3 rings (SSSR count). The van der Waals surface area contributed by atoms with Gasteiger partial charge in [0, 0.05) is 17.7 Å². The monoisotopic (exact) mass is 435 g/mol. The SMILES string of the molecule is COc1cc2c(c(O)c1CC=C(C)CCC=C(C)C)CN(CCc1ccc(O)cc1)C2=O. The van der Waals surface area contributed by atoms with Crippen molar-refractivity contribution in [1.29, 1.82) is 0 Å². The summed E-state index contributed by atoms with van der Waals surface area (Å²) < 4.78 is 5.53. The van der Waals surface area contributed by atoms with Crippen LogP contribution in [0.1, 0.15) is 60.7 Å². The van der Waals surface area contributed by atoms with E-state index in [2.05, 4.69) is 32.9 Å². The summed E-state index contributed by atoms with van der Waals surface area (Å²) >= 11 is 0. The van der Waals surface area contributed by atoms with Crippen LogP contribution in [0.3, 0.4) is 0 Å². The molecule has 0 bridgehead atoms. The molecule has 1 aliphatic heterocycles. The smallest absolute Gasteiger partial charge is 0.254 e. The minimum Gasteiger partial charge on any atom is -0.508 e. The van der Waals surface area contributed by atoms with Gasteiger partial charge in [-0.3, -0.25) is 4.79 Å². The highest BCUT2D eigenvalue weighted by molar-refractivity contribution is 6.00. The number of allylic oxidation sites excluding steroid dienone is 4. The van der Waals surface area contributed by atoms with Crippen molar-refractivity contribution in [1.82, 2.24) is 4.90 Å². The number of aromatic hydroxyl groups is 2. The van der Waals surface area contributed by atoms with E-state index in [1.165, 1.54) is 11.1 Å². The molecule has 2 N–H and O–H groups in total. The van der Waals surface area contributed by atoms with Gasteiger partial charge in [-0.1, -0.05) is 35.4 Å². The van der Waals surface area contributed by atoms with E-state index in [1.807, 2.05) is 12.1 Å². The molecule has 170 valence electrons. The molecular formula is C27H33NO4. The van der Waals surface area contributed by atoms with Gasteiger partial charge in [-0.05, 0) is 70.2 Å². The van der Waals surface area contributed by atoms with Crippen LogP contribution in [-0.4, -0.2) is 34.7 Å². The van der Waals surface area contributed by atoms with Crippen LogP contribution in [0.5, 0.6) is 17.2 Å². The molecule has 2 aromatic carbocycles. The van der Waals surface area contributed by atoms with Gasteiger partial charge in [0.1, 0.15) is 17.2 Å². The molecule has 0 fully saturated rings. The first-order valence-electron chi connectivity index (χ1n) is 11.1. The van der Waals surface area contributed by atoms with Crippen molar-refractivity contribution in [2.45, 2.75) is 53.0 Å². The number of ether oxygens (including phenoxy) is 1. The number of hydrogen-bond donors (Lipinski definition) is 2. The van der Waals surface area contributed by atoms with Crippen molar-refractivity contribution >= 4 is 5.91 Å². The second-order valence-corrected chi connectivity index (χ2v) is 8.65. The Morgan fingerprint density at radius 2 is 1.84 bits per heavy atom. The number of amides is 1. The Bertz CT molecular complexity index is 1030. The zero-order chi connectivity index (χ0) is 23.3. The molecule has 0 unspecified atom stereocenters. The molecule has 1 amide bonds. The molecule has 1 aliphatic rings. The molecule has 0 radical (unpaired) electrons. The second kappa shape index (κ2) is 10.4. The highest BCUT2D eigenvalue weighted by atomic mass is 16.5. The van der Waals surface area contributed by atoms with Crippen molar-refractivity contribution in [3.8, 4) is 17.2 Å². The third kappa shape index (κ3) is 5.52. The summed E-state index contributed by atoms with van der Waals surface area (Å²) in [6, 6.07) is 8.77. The van der Waals surface area contributed by atoms with Gasteiger partial charge < -0.3 is 19.8 Å². The van der Waals surface area contributed by atoms with Gasteiger partial charge >= 0.3 is 0 Å². The molecule has 0 spiro atoms. The van der Waals surface area contributed by atoms with Crippen molar-refractivity contribution in [2.75, 3.05) is 13.7 Å². The van der Waals surface area contributed by atoms with Crippen LogP contribution in [0, 0.1) is 0 Å². The predicted octanol–water partition coefficient (Wildman–Crippen LogP) is 5.54. The average molecular weight is 436 g/mol. The Labute approximate surface area is 190 Å². The zero-order valence-corrected chi connectivity index (χ0v) is 19.4. The number of rotatable bonds is 9. The number of benzene rings is 2. The first-order chi connectivity index (χ1) is 15.3. The molecule has 5 heteroatoms. The molecule has 1 heterocycles. The summed E-state index contributed by atoms with van der Waals surface area (Å²) in [4.78, 5) is 14.7. The molecule has 0 saturated carbocycles. The summed E-state index contributed by atoms with van der Waals surface area (Å²) in [7, 11) is 1.57. The Morgan fingerprint density at radius 1 is 1.12 bits per heavy atom. The fourth-order valence-electron chi connectivity index (χ4n) is 3.97. The van der Waals surface area contributed by atoms with Gasteiger partial charge in [0.15, 0.2) is 0 Å². The molecule has 0 aliphatic carbocycles. The van der Waals surface area contributed by atoms with Crippen LogP contribution < -0.4 is 4.74 Å². The summed E-state index contributed by atoms with van der Waals surface area (Å²) in [6.07, 6.45) is 7.57. The summed E-state index contributed by atoms with van der Waals surface area (Å²) in [5.41, 5.74) is 5.53. The topological polar surface area (TPSA) is 70.0 Å². The van der Waals surface area contributed by atoms with Crippen molar-refractivity contribution in [2.24, 2.45) is 0 Å². The highest BCUT2D eigenvalue weighted by Gasteiger charge is 2.32. The molecule has 0 saturated heterocycles. The number of carbonyl (C=O) groups is 1. The van der Waals surface area contributed by atoms with Gasteiger partial charge in [-0.15, -0.1) is 0 Å². The van der Waals surface area contributed by atoms with E-state index in [1.54, 1.807) is 30.2 Å². The van der Waals surface area contributed by atoms with Gasteiger partial charge in [0.25, 0.3) is 5.91 Å².